The van der Waals surface area contributed by atoms with Crippen LogP contribution < -0.4 is 0 Å². The Hall–Kier alpha value is -2.31. The molecule has 3 nitrogen and oxygen atoms in total. The SMILES string of the molecule is CN1C(c2ccc(CN3CCCC3=O)cc2)=C(CF)C=CC1C(F)(F)F. The number of amides is 1. The third-order valence-corrected chi connectivity index (χ3v) is 4.81. The number of alkyl halides is 4. The zero-order chi connectivity index (χ0) is 18.9. The van der Waals surface area contributed by atoms with Crippen molar-refractivity contribution in [1.29, 1.82) is 0 Å². The fourth-order valence-corrected chi connectivity index (χ4v) is 3.47. The predicted molar refractivity (Wildman–Crippen MR) is 90.7 cm³/mol. The fourth-order valence-electron chi connectivity index (χ4n) is 3.47. The smallest absolute Gasteiger partial charge is 0.359 e. The Morgan fingerprint density at radius 2 is 1.88 bits per heavy atom. The van der Waals surface area contributed by atoms with Gasteiger partial charge in [-0.2, -0.15) is 13.2 Å². The zero-order valence-electron chi connectivity index (χ0n) is 14.4. The van der Waals surface area contributed by atoms with Crippen molar-refractivity contribution in [1.82, 2.24) is 9.80 Å². The molecule has 3 rings (SSSR count). The average Bonchev–Trinajstić information content (AvgIpc) is 2.99. The molecule has 2 aliphatic rings. The minimum absolute atomic E-state index is 0.113. The highest BCUT2D eigenvalue weighted by Crippen LogP contribution is 2.36. The van der Waals surface area contributed by atoms with Crippen LogP contribution in [0.5, 0.6) is 0 Å². The van der Waals surface area contributed by atoms with Gasteiger partial charge in [0.15, 0.2) is 0 Å². The van der Waals surface area contributed by atoms with Crippen molar-refractivity contribution in [2.75, 3.05) is 20.3 Å². The maximum absolute atomic E-state index is 13.3. The summed E-state index contributed by atoms with van der Waals surface area (Å²) < 4.78 is 52.9. The molecular weight excluding hydrogens is 348 g/mol. The van der Waals surface area contributed by atoms with Crippen molar-refractivity contribution >= 4 is 11.6 Å². The van der Waals surface area contributed by atoms with E-state index < -0.39 is 18.9 Å². The number of carbonyl (C=O) groups is 1. The maximum Gasteiger partial charge on any atom is 0.412 e. The Labute approximate surface area is 149 Å². The summed E-state index contributed by atoms with van der Waals surface area (Å²) in [6, 6.07) is 5.14. The molecule has 0 radical (unpaired) electrons. The van der Waals surface area contributed by atoms with Crippen LogP contribution in [0.1, 0.15) is 24.0 Å². The Morgan fingerprint density at radius 1 is 1.19 bits per heavy atom. The van der Waals surface area contributed by atoms with Crippen LogP contribution in [0.15, 0.2) is 42.0 Å². The van der Waals surface area contributed by atoms with Crippen LogP contribution in [0.3, 0.4) is 0 Å². The Bertz CT molecular complexity index is 737. The van der Waals surface area contributed by atoms with Crippen molar-refractivity contribution < 1.29 is 22.4 Å². The van der Waals surface area contributed by atoms with E-state index in [1.54, 1.807) is 29.2 Å². The van der Waals surface area contributed by atoms with Crippen molar-refractivity contribution in [3.63, 3.8) is 0 Å². The van der Waals surface area contributed by atoms with Crippen molar-refractivity contribution in [2.24, 2.45) is 0 Å². The van der Waals surface area contributed by atoms with Crippen LogP contribution in [0.25, 0.3) is 5.70 Å². The molecule has 0 spiro atoms. The standard InChI is InChI=1S/C19H20F4N2O/c1-24-16(19(21,22)23)9-8-15(11-20)18(24)14-6-4-13(5-7-14)12-25-10-2-3-17(25)26/h4-9,16H,2-3,10-12H2,1H3. The second-order valence-electron chi connectivity index (χ2n) is 6.58. The van der Waals surface area contributed by atoms with Gasteiger partial charge in [-0.15, -0.1) is 0 Å². The number of likely N-dealkylation sites (N-methyl/N-ethyl adjacent to an activating group) is 1. The number of rotatable bonds is 4. The summed E-state index contributed by atoms with van der Waals surface area (Å²) in [7, 11) is 1.32. The van der Waals surface area contributed by atoms with E-state index in [2.05, 4.69) is 0 Å². The molecule has 2 aliphatic heterocycles. The molecule has 1 aromatic carbocycles. The number of benzene rings is 1. The number of nitrogens with zero attached hydrogens (tertiary/aromatic N) is 2. The van der Waals surface area contributed by atoms with Gasteiger partial charge in [-0.05, 0) is 17.5 Å². The molecule has 1 atom stereocenters. The Balaban J connectivity index is 1.85. The normalized spacial score (nSPS) is 21.1. The van der Waals surface area contributed by atoms with E-state index in [1.165, 1.54) is 13.1 Å². The second-order valence-corrected chi connectivity index (χ2v) is 6.58. The molecule has 0 aliphatic carbocycles. The molecular formula is C19H20F4N2O. The molecule has 0 saturated carbocycles. The molecule has 0 aromatic heterocycles. The van der Waals surface area contributed by atoms with Gasteiger partial charge in [-0.3, -0.25) is 4.79 Å². The molecule has 1 saturated heterocycles. The first-order valence-electron chi connectivity index (χ1n) is 8.45. The summed E-state index contributed by atoms with van der Waals surface area (Å²) in [6.45, 7) is 0.359. The molecule has 26 heavy (non-hydrogen) atoms. The van der Waals surface area contributed by atoms with Gasteiger partial charge in [0.25, 0.3) is 0 Å². The number of hydrogen-bond acceptors (Lipinski definition) is 2. The van der Waals surface area contributed by atoms with Crippen LogP contribution in [0, 0.1) is 0 Å². The van der Waals surface area contributed by atoms with Gasteiger partial charge in [-0.25, -0.2) is 4.39 Å². The van der Waals surface area contributed by atoms with Crippen LogP contribution >= 0.6 is 0 Å². The summed E-state index contributed by atoms with van der Waals surface area (Å²) in [4.78, 5) is 14.5. The summed E-state index contributed by atoms with van der Waals surface area (Å²) in [6.07, 6.45) is -0.842. The molecule has 2 heterocycles. The lowest BCUT2D eigenvalue weighted by atomic mass is 9.98. The van der Waals surface area contributed by atoms with Gasteiger partial charge in [0, 0.05) is 32.1 Å². The molecule has 1 amide bonds. The number of likely N-dealkylation sites (tertiary alicyclic amines) is 1. The summed E-state index contributed by atoms with van der Waals surface area (Å²) in [5.74, 6) is 0.113. The first-order chi connectivity index (χ1) is 12.3. The van der Waals surface area contributed by atoms with Gasteiger partial charge in [0.1, 0.15) is 12.7 Å². The monoisotopic (exact) mass is 368 g/mol. The first-order valence-corrected chi connectivity index (χ1v) is 8.45. The lowest BCUT2D eigenvalue weighted by molar-refractivity contribution is -0.159. The quantitative estimate of drug-likeness (QED) is 0.752. The molecule has 1 aromatic rings. The lowest BCUT2D eigenvalue weighted by Crippen LogP contribution is -2.43. The highest BCUT2D eigenvalue weighted by atomic mass is 19.4. The molecule has 1 unspecified atom stereocenters. The van der Waals surface area contributed by atoms with E-state index in [1.807, 2.05) is 0 Å². The number of halogens is 4. The van der Waals surface area contributed by atoms with Crippen LogP contribution in [-0.2, 0) is 11.3 Å². The van der Waals surface area contributed by atoms with E-state index in [0.717, 1.165) is 29.5 Å². The highest BCUT2D eigenvalue weighted by Gasteiger charge is 2.43. The van der Waals surface area contributed by atoms with Crippen molar-refractivity contribution in [3.05, 3.63) is 53.1 Å². The predicted octanol–water partition coefficient (Wildman–Crippen LogP) is 3.92. The number of hydrogen-bond donors (Lipinski definition) is 0. The van der Waals surface area contributed by atoms with Gasteiger partial charge < -0.3 is 9.80 Å². The van der Waals surface area contributed by atoms with E-state index in [-0.39, 0.29) is 17.2 Å². The van der Waals surface area contributed by atoms with E-state index in [9.17, 15) is 22.4 Å². The third-order valence-electron chi connectivity index (χ3n) is 4.81. The zero-order valence-corrected chi connectivity index (χ0v) is 14.4. The number of allylic oxidation sites excluding steroid dienone is 2. The van der Waals surface area contributed by atoms with Crippen molar-refractivity contribution in [2.45, 2.75) is 31.6 Å². The molecule has 1 fully saturated rings. The summed E-state index contributed by atoms with van der Waals surface area (Å²) in [5, 5.41) is 0. The molecule has 7 heteroatoms. The lowest BCUT2D eigenvalue weighted by Gasteiger charge is -2.35. The largest absolute Gasteiger partial charge is 0.412 e. The fraction of sp³-hybridized carbons (Fsp3) is 0.421. The maximum atomic E-state index is 13.3. The molecule has 0 N–H and O–H groups in total. The van der Waals surface area contributed by atoms with E-state index >= 15 is 0 Å². The minimum atomic E-state index is -4.44. The number of carbonyl (C=O) groups excluding carboxylic acids is 1. The average molecular weight is 368 g/mol. The molecule has 140 valence electrons. The van der Waals surface area contributed by atoms with Crippen LogP contribution in [-0.4, -0.2) is 48.2 Å². The van der Waals surface area contributed by atoms with E-state index in [0.29, 0.717) is 18.5 Å². The third kappa shape index (κ3) is 3.61. The van der Waals surface area contributed by atoms with E-state index in [4.69, 9.17) is 0 Å². The van der Waals surface area contributed by atoms with Gasteiger partial charge in [-0.1, -0.05) is 36.4 Å². The van der Waals surface area contributed by atoms with Gasteiger partial charge in [0.2, 0.25) is 5.91 Å². The van der Waals surface area contributed by atoms with Crippen LogP contribution in [0.2, 0.25) is 0 Å². The van der Waals surface area contributed by atoms with Gasteiger partial charge in [0.05, 0.1) is 5.70 Å². The van der Waals surface area contributed by atoms with Crippen LogP contribution in [0.4, 0.5) is 17.6 Å². The highest BCUT2D eigenvalue weighted by molar-refractivity contribution is 5.78. The topological polar surface area (TPSA) is 23.6 Å². The van der Waals surface area contributed by atoms with Gasteiger partial charge >= 0.3 is 6.18 Å². The first kappa shape index (κ1) is 18.5. The summed E-state index contributed by atoms with van der Waals surface area (Å²) in [5.41, 5.74) is 1.87. The Kier molecular flexibility index (Phi) is 5.07. The minimum Gasteiger partial charge on any atom is -0.359 e. The van der Waals surface area contributed by atoms with Crippen molar-refractivity contribution in [3.8, 4) is 0 Å². The Morgan fingerprint density at radius 3 is 2.42 bits per heavy atom. The second kappa shape index (κ2) is 7.13. The summed E-state index contributed by atoms with van der Waals surface area (Å²) >= 11 is 0. The molecule has 0 bridgehead atoms.